The number of halogens is 1. The van der Waals surface area contributed by atoms with Crippen LogP contribution in [0.1, 0.15) is 20.3 Å². The van der Waals surface area contributed by atoms with Crippen LogP contribution in [-0.2, 0) is 9.53 Å². The first-order valence-corrected chi connectivity index (χ1v) is 7.06. The Hall–Kier alpha value is -1.66. The Morgan fingerprint density at radius 3 is 3.00 bits per heavy atom. The van der Waals surface area contributed by atoms with Gasteiger partial charge in [-0.05, 0) is 32.0 Å². The summed E-state index contributed by atoms with van der Waals surface area (Å²) in [5, 5.41) is 2.57. The lowest BCUT2D eigenvalue weighted by atomic mass is 10.0. The Labute approximate surface area is 124 Å². The van der Waals surface area contributed by atoms with Crippen LogP contribution in [0.15, 0.2) is 18.2 Å². The van der Waals surface area contributed by atoms with Crippen LogP contribution in [0.3, 0.4) is 0 Å². The van der Waals surface area contributed by atoms with Crippen molar-refractivity contribution in [1.82, 2.24) is 4.90 Å². The number of nitrogens with two attached hydrogens (primary N) is 1. The van der Waals surface area contributed by atoms with E-state index in [-0.39, 0.29) is 17.1 Å². The van der Waals surface area contributed by atoms with Gasteiger partial charge in [0.05, 0.1) is 18.9 Å². The molecule has 3 N–H and O–H groups in total. The van der Waals surface area contributed by atoms with Crippen LogP contribution in [0.4, 0.5) is 15.8 Å². The van der Waals surface area contributed by atoms with E-state index >= 15 is 0 Å². The van der Waals surface area contributed by atoms with Crippen molar-refractivity contribution in [3.8, 4) is 0 Å². The molecular formula is C15H22FN3O2. The summed E-state index contributed by atoms with van der Waals surface area (Å²) in [4.78, 5) is 14.2. The highest BCUT2D eigenvalue weighted by Gasteiger charge is 2.30. The Bertz CT molecular complexity index is 520. The quantitative estimate of drug-likeness (QED) is 0.832. The van der Waals surface area contributed by atoms with Crippen LogP contribution in [0.2, 0.25) is 0 Å². The molecule has 0 aliphatic carbocycles. The molecule has 0 unspecified atom stereocenters. The monoisotopic (exact) mass is 295 g/mol. The number of carbonyl (C=O) groups is 1. The Morgan fingerprint density at radius 1 is 1.52 bits per heavy atom. The number of ether oxygens (including phenoxy) is 1. The topological polar surface area (TPSA) is 67.6 Å². The predicted octanol–water partition coefficient (Wildman–Crippen LogP) is 1.85. The molecule has 1 saturated heterocycles. The summed E-state index contributed by atoms with van der Waals surface area (Å²) in [6.45, 7) is 6.91. The third-order valence-electron chi connectivity index (χ3n) is 3.69. The average molecular weight is 295 g/mol. The molecule has 1 heterocycles. The molecule has 1 amide bonds. The number of amides is 1. The van der Waals surface area contributed by atoms with Crippen molar-refractivity contribution in [2.75, 3.05) is 37.4 Å². The molecule has 1 fully saturated rings. The molecule has 2 rings (SSSR count). The molecule has 0 atom stereocenters. The second-order valence-electron chi connectivity index (χ2n) is 5.89. The Morgan fingerprint density at radius 2 is 2.29 bits per heavy atom. The van der Waals surface area contributed by atoms with E-state index < -0.39 is 5.82 Å². The van der Waals surface area contributed by atoms with E-state index in [0.717, 1.165) is 6.54 Å². The van der Waals surface area contributed by atoms with Gasteiger partial charge in [0.2, 0.25) is 5.91 Å². The first kappa shape index (κ1) is 15.7. The maximum Gasteiger partial charge on any atom is 0.225 e. The standard InChI is InChI=1S/C15H22FN3O2/c1-15(2)10-21-8-7-19(15)6-5-14(20)18-13-9-11(17)3-4-12(13)16/h3-4,9H,5-8,10,17H2,1-2H3,(H,18,20). The van der Waals surface area contributed by atoms with Gasteiger partial charge >= 0.3 is 0 Å². The number of benzene rings is 1. The number of morpholine rings is 1. The summed E-state index contributed by atoms with van der Waals surface area (Å²) < 4.78 is 19.0. The number of rotatable bonds is 4. The van der Waals surface area contributed by atoms with Gasteiger partial charge in [-0.2, -0.15) is 0 Å². The fourth-order valence-electron chi connectivity index (χ4n) is 2.39. The highest BCUT2D eigenvalue weighted by Crippen LogP contribution is 2.20. The van der Waals surface area contributed by atoms with Gasteiger partial charge in [-0.1, -0.05) is 0 Å². The van der Waals surface area contributed by atoms with E-state index in [1.807, 2.05) is 0 Å². The summed E-state index contributed by atoms with van der Waals surface area (Å²) in [6.07, 6.45) is 0.303. The van der Waals surface area contributed by atoms with E-state index in [2.05, 4.69) is 24.1 Å². The number of nitrogens with one attached hydrogen (secondary N) is 1. The van der Waals surface area contributed by atoms with E-state index in [4.69, 9.17) is 10.5 Å². The first-order valence-electron chi connectivity index (χ1n) is 7.06. The minimum Gasteiger partial charge on any atom is -0.399 e. The number of nitrogens with zero attached hydrogens (tertiary/aromatic N) is 1. The van der Waals surface area contributed by atoms with Crippen molar-refractivity contribution in [3.63, 3.8) is 0 Å². The summed E-state index contributed by atoms with van der Waals surface area (Å²) >= 11 is 0. The molecular weight excluding hydrogens is 273 g/mol. The Kier molecular flexibility index (Phi) is 4.80. The van der Waals surface area contributed by atoms with Crippen molar-refractivity contribution in [1.29, 1.82) is 0 Å². The molecule has 0 aromatic heterocycles. The highest BCUT2D eigenvalue weighted by molar-refractivity contribution is 5.91. The molecule has 5 nitrogen and oxygen atoms in total. The zero-order chi connectivity index (χ0) is 15.5. The fraction of sp³-hybridized carbons (Fsp3) is 0.533. The molecule has 0 spiro atoms. The molecule has 1 aliphatic heterocycles. The van der Waals surface area contributed by atoms with Gasteiger partial charge in [0.15, 0.2) is 0 Å². The van der Waals surface area contributed by atoms with Crippen LogP contribution in [0.5, 0.6) is 0 Å². The second-order valence-corrected chi connectivity index (χ2v) is 5.89. The minimum absolute atomic E-state index is 0.0824. The van der Waals surface area contributed by atoms with Gasteiger partial charge in [-0.25, -0.2) is 4.39 Å². The number of nitrogen functional groups attached to an aromatic ring is 1. The lowest BCUT2D eigenvalue weighted by Gasteiger charge is -2.42. The van der Waals surface area contributed by atoms with Gasteiger partial charge < -0.3 is 15.8 Å². The molecule has 0 radical (unpaired) electrons. The van der Waals surface area contributed by atoms with Crippen LogP contribution < -0.4 is 11.1 Å². The smallest absolute Gasteiger partial charge is 0.225 e. The van der Waals surface area contributed by atoms with Crippen molar-refractivity contribution in [3.05, 3.63) is 24.0 Å². The predicted molar refractivity (Wildman–Crippen MR) is 80.5 cm³/mol. The summed E-state index contributed by atoms with van der Waals surface area (Å²) in [5.74, 6) is -0.703. The molecule has 0 saturated carbocycles. The third kappa shape index (κ3) is 4.15. The lowest BCUT2D eigenvalue weighted by molar-refractivity contribution is -0.117. The maximum absolute atomic E-state index is 13.6. The number of carbonyl (C=O) groups excluding carboxylic acids is 1. The van der Waals surface area contributed by atoms with Gasteiger partial charge in [0.1, 0.15) is 5.82 Å². The molecule has 6 heteroatoms. The molecule has 21 heavy (non-hydrogen) atoms. The van der Waals surface area contributed by atoms with Crippen molar-refractivity contribution in [2.45, 2.75) is 25.8 Å². The zero-order valence-corrected chi connectivity index (χ0v) is 12.5. The van der Waals surface area contributed by atoms with Gasteiger partial charge in [0, 0.05) is 30.7 Å². The van der Waals surface area contributed by atoms with Crippen LogP contribution >= 0.6 is 0 Å². The van der Waals surface area contributed by atoms with Gasteiger partial charge in [0.25, 0.3) is 0 Å². The number of hydrogen-bond donors (Lipinski definition) is 2. The minimum atomic E-state index is -0.482. The van der Waals surface area contributed by atoms with Gasteiger partial charge in [-0.3, -0.25) is 9.69 Å². The first-order chi connectivity index (χ1) is 9.88. The molecule has 1 aromatic carbocycles. The Balaban J connectivity index is 1.89. The van der Waals surface area contributed by atoms with Crippen molar-refractivity contribution in [2.24, 2.45) is 0 Å². The fourth-order valence-corrected chi connectivity index (χ4v) is 2.39. The maximum atomic E-state index is 13.6. The van der Waals surface area contributed by atoms with E-state index in [1.54, 1.807) is 0 Å². The van der Waals surface area contributed by atoms with Crippen molar-refractivity contribution >= 4 is 17.3 Å². The van der Waals surface area contributed by atoms with E-state index in [9.17, 15) is 9.18 Å². The average Bonchev–Trinajstić information content (AvgIpc) is 2.41. The van der Waals surface area contributed by atoms with Gasteiger partial charge in [-0.15, -0.1) is 0 Å². The second kappa shape index (κ2) is 6.41. The number of hydrogen-bond acceptors (Lipinski definition) is 4. The normalized spacial score (nSPS) is 18.4. The SMILES string of the molecule is CC1(C)COCCN1CCC(=O)Nc1cc(N)ccc1F. The molecule has 0 bridgehead atoms. The van der Waals surface area contributed by atoms with E-state index in [1.165, 1.54) is 18.2 Å². The van der Waals surface area contributed by atoms with Crippen LogP contribution in [-0.4, -0.2) is 42.6 Å². The summed E-state index contributed by atoms with van der Waals surface area (Å²) in [6, 6.07) is 4.13. The summed E-state index contributed by atoms with van der Waals surface area (Å²) in [5.41, 5.74) is 6.05. The number of anilines is 2. The van der Waals surface area contributed by atoms with Crippen molar-refractivity contribution < 1.29 is 13.9 Å². The third-order valence-corrected chi connectivity index (χ3v) is 3.69. The lowest BCUT2D eigenvalue weighted by Crippen LogP contribution is -2.53. The molecule has 1 aliphatic rings. The van der Waals surface area contributed by atoms with Crippen LogP contribution in [0, 0.1) is 5.82 Å². The largest absolute Gasteiger partial charge is 0.399 e. The summed E-state index contributed by atoms with van der Waals surface area (Å²) in [7, 11) is 0. The van der Waals surface area contributed by atoms with Crippen LogP contribution in [0.25, 0.3) is 0 Å². The van der Waals surface area contributed by atoms with E-state index in [0.29, 0.717) is 31.9 Å². The highest BCUT2D eigenvalue weighted by atomic mass is 19.1. The zero-order valence-electron chi connectivity index (χ0n) is 12.5. The molecule has 116 valence electrons. The molecule has 1 aromatic rings.